The number of rotatable bonds is 8. The minimum atomic E-state index is 0.618. The molecule has 6 heteroatoms. The molecule has 2 aliphatic rings. The van der Waals surface area contributed by atoms with Crippen molar-refractivity contribution >= 4 is 5.96 Å². The van der Waals surface area contributed by atoms with Crippen molar-refractivity contribution in [3.8, 4) is 0 Å². The van der Waals surface area contributed by atoms with E-state index in [4.69, 9.17) is 9.73 Å². The van der Waals surface area contributed by atoms with E-state index in [1.54, 1.807) is 0 Å². The van der Waals surface area contributed by atoms with Crippen LogP contribution >= 0.6 is 0 Å². The standard InChI is InChI=1S/C18H37N5O/c1-3-19-18(20-9-7-10-22-12-14-24-15-13-22)21-16-17-8-5-6-11-23(17)4-2/h17H,3-16H2,1-2H3,(H2,19,20,21). The fraction of sp³-hybridized carbons (Fsp3) is 0.944. The largest absolute Gasteiger partial charge is 0.379 e. The van der Waals surface area contributed by atoms with Gasteiger partial charge in [-0.2, -0.15) is 0 Å². The number of hydrogen-bond acceptors (Lipinski definition) is 4. The molecule has 2 fully saturated rings. The molecule has 2 saturated heterocycles. The summed E-state index contributed by atoms with van der Waals surface area (Å²) in [6.45, 7) is 14.6. The second kappa shape index (κ2) is 11.7. The highest BCUT2D eigenvalue weighted by atomic mass is 16.5. The highest BCUT2D eigenvalue weighted by Crippen LogP contribution is 2.16. The fourth-order valence-corrected chi connectivity index (χ4v) is 3.56. The zero-order valence-corrected chi connectivity index (χ0v) is 15.7. The lowest BCUT2D eigenvalue weighted by atomic mass is 10.0. The first-order valence-corrected chi connectivity index (χ1v) is 9.89. The molecule has 24 heavy (non-hydrogen) atoms. The van der Waals surface area contributed by atoms with Gasteiger partial charge in [0.1, 0.15) is 0 Å². The lowest BCUT2D eigenvalue weighted by Gasteiger charge is -2.34. The average Bonchev–Trinajstić information content (AvgIpc) is 2.64. The number of piperidine rings is 1. The van der Waals surface area contributed by atoms with Gasteiger partial charge >= 0.3 is 0 Å². The van der Waals surface area contributed by atoms with Crippen LogP contribution in [-0.2, 0) is 4.74 Å². The third-order valence-electron chi connectivity index (χ3n) is 5.01. The number of ether oxygens (including phenoxy) is 1. The van der Waals surface area contributed by atoms with Gasteiger partial charge in [-0.05, 0) is 45.8 Å². The van der Waals surface area contributed by atoms with Gasteiger partial charge in [-0.15, -0.1) is 0 Å². The molecule has 0 bridgehead atoms. The van der Waals surface area contributed by atoms with Crippen LogP contribution in [0.25, 0.3) is 0 Å². The maximum absolute atomic E-state index is 5.39. The second-order valence-electron chi connectivity index (χ2n) is 6.73. The third kappa shape index (κ3) is 6.95. The maximum atomic E-state index is 5.39. The van der Waals surface area contributed by atoms with Crippen molar-refractivity contribution in [2.45, 2.75) is 45.6 Å². The number of morpholine rings is 1. The number of nitrogens with one attached hydrogen (secondary N) is 2. The maximum Gasteiger partial charge on any atom is 0.191 e. The molecule has 2 N–H and O–H groups in total. The molecule has 0 aliphatic carbocycles. The summed E-state index contributed by atoms with van der Waals surface area (Å²) >= 11 is 0. The van der Waals surface area contributed by atoms with Gasteiger partial charge in [-0.3, -0.25) is 14.8 Å². The Morgan fingerprint density at radius 2 is 1.96 bits per heavy atom. The quantitative estimate of drug-likeness (QED) is 0.395. The number of aliphatic imine (C=N–C) groups is 1. The van der Waals surface area contributed by atoms with Crippen LogP contribution in [0.5, 0.6) is 0 Å². The van der Waals surface area contributed by atoms with Crippen molar-refractivity contribution in [3.05, 3.63) is 0 Å². The molecule has 0 aromatic carbocycles. The first-order valence-electron chi connectivity index (χ1n) is 9.89. The highest BCUT2D eigenvalue weighted by Gasteiger charge is 2.20. The van der Waals surface area contributed by atoms with E-state index in [1.807, 2.05) is 0 Å². The van der Waals surface area contributed by atoms with Crippen molar-refractivity contribution in [1.82, 2.24) is 20.4 Å². The van der Waals surface area contributed by atoms with Gasteiger partial charge < -0.3 is 15.4 Å². The number of likely N-dealkylation sites (tertiary alicyclic amines) is 1. The number of likely N-dealkylation sites (N-methyl/N-ethyl adjacent to an activating group) is 1. The number of nitrogens with zero attached hydrogens (tertiary/aromatic N) is 3. The van der Waals surface area contributed by atoms with Crippen LogP contribution in [0.2, 0.25) is 0 Å². The van der Waals surface area contributed by atoms with Crippen molar-refractivity contribution in [2.24, 2.45) is 4.99 Å². The second-order valence-corrected chi connectivity index (χ2v) is 6.73. The molecular weight excluding hydrogens is 302 g/mol. The van der Waals surface area contributed by atoms with Crippen LogP contribution in [-0.4, -0.2) is 87.4 Å². The molecule has 1 atom stereocenters. The van der Waals surface area contributed by atoms with Gasteiger partial charge in [0.15, 0.2) is 5.96 Å². The predicted molar refractivity (Wildman–Crippen MR) is 101 cm³/mol. The molecule has 1 unspecified atom stereocenters. The van der Waals surface area contributed by atoms with E-state index in [0.29, 0.717) is 6.04 Å². The summed E-state index contributed by atoms with van der Waals surface area (Å²) in [6.07, 6.45) is 5.12. The average molecular weight is 340 g/mol. The lowest BCUT2D eigenvalue weighted by molar-refractivity contribution is 0.0376. The van der Waals surface area contributed by atoms with Crippen molar-refractivity contribution < 1.29 is 4.74 Å². The van der Waals surface area contributed by atoms with Crippen LogP contribution < -0.4 is 10.6 Å². The Morgan fingerprint density at radius 3 is 2.71 bits per heavy atom. The Morgan fingerprint density at radius 1 is 1.12 bits per heavy atom. The van der Waals surface area contributed by atoms with E-state index in [-0.39, 0.29) is 0 Å². The smallest absolute Gasteiger partial charge is 0.191 e. The predicted octanol–water partition coefficient (Wildman–Crippen LogP) is 1.14. The summed E-state index contributed by atoms with van der Waals surface area (Å²) in [6, 6.07) is 0.618. The summed E-state index contributed by atoms with van der Waals surface area (Å²) in [5.41, 5.74) is 0. The molecule has 2 heterocycles. The molecule has 0 aromatic rings. The van der Waals surface area contributed by atoms with Gasteiger partial charge in [0.25, 0.3) is 0 Å². The Balaban J connectivity index is 1.69. The lowest BCUT2D eigenvalue weighted by Crippen LogP contribution is -2.43. The van der Waals surface area contributed by atoms with Gasteiger partial charge in [-0.1, -0.05) is 13.3 Å². The Hall–Kier alpha value is -0.850. The molecule has 0 radical (unpaired) electrons. The van der Waals surface area contributed by atoms with Gasteiger partial charge in [-0.25, -0.2) is 0 Å². The molecule has 2 aliphatic heterocycles. The first kappa shape index (κ1) is 19.5. The topological polar surface area (TPSA) is 52.1 Å². The van der Waals surface area contributed by atoms with E-state index in [0.717, 1.165) is 71.4 Å². The molecule has 0 aromatic heterocycles. The van der Waals surface area contributed by atoms with Crippen LogP contribution in [0, 0.1) is 0 Å². The van der Waals surface area contributed by atoms with Crippen molar-refractivity contribution in [1.29, 1.82) is 0 Å². The summed E-state index contributed by atoms with van der Waals surface area (Å²) < 4.78 is 5.39. The van der Waals surface area contributed by atoms with Crippen LogP contribution in [0.15, 0.2) is 4.99 Å². The first-order chi connectivity index (χ1) is 11.8. The number of hydrogen-bond donors (Lipinski definition) is 2. The Bertz CT molecular complexity index is 357. The van der Waals surface area contributed by atoms with Crippen LogP contribution in [0.4, 0.5) is 0 Å². The van der Waals surface area contributed by atoms with E-state index in [9.17, 15) is 0 Å². The minimum Gasteiger partial charge on any atom is -0.379 e. The van der Waals surface area contributed by atoms with Crippen molar-refractivity contribution in [3.63, 3.8) is 0 Å². The molecule has 6 nitrogen and oxygen atoms in total. The molecular formula is C18H37N5O. The van der Waals surface area contributed by atoms with E-state index in [1.165, 1.54) is 25.8 Å². The molecule has 0 amide bonds. The van der Waals surface area contributed by atoms with E-state index >= 15 is 0 Å². The van der Waals surface area contributed by atoms with Crippen LogP contribution in [0.3, 0.4) is 0 Å². The van der Waals surface area contributed by atoms with E-state index in [2.05, 4.69) is 34.3 Å². The summed E-state index contributed by atoms with van der Waals surface area (Å²) in [5, 5.41) is 6.88. The summed E-state index contributed by atoms with van der Waals surface area (Å²) in [5.74, 6) is 0.973. The monoisotopic (exact) mass is 339 g/mol. The summed E-state index contributed by atoms with van der Waals surface area (Å²) in [7, 11) is 0. The molecule has 0 saturated carbocycles. The SMILES string of the molecule is CCNC(=NCC1CCCCN1CC)NCCCN1CCOCC1. The highest BCUT2D eigenvalue weighted by molar-refractivity contribution is 5.79. The Kier molecular flexibility index (Phi) is 9.46. The van der Waals surface area contributed by atoms with E-state index < -0.39 is 0 Å². The van der Waals surface area contributed by atoms with Gasteiger partial charge in [0.05, 0.1) is 19.8 Å². The zero-order valence-electron chi connectivity index (χ0n) is 15.7. The molecule has 140 valence electrons. The third-order valence-corrected chi connectivity index (χ3v) is 5.01. The van der Waals surface area contributed by atoms with Crippen LogP contribution in [0.1, 0.15) is 39.5 Å². The fourth-order valence-electron chi connectivity index (χ4n) is 3.56. The normalized spacial score (nSPS) is 24.1. The zero-order chi connectivity index (χ0) is 17.0. The van der Waals surface area contributed by atoms with Gasteiger partial charge in [0, 0.05) is 32.2 Å². The summed E-state index contributed by atoms with van der Waals surface area (Å²) in [4.78, 5) is 9.90. The Labute approximate surface area is 148 Å². The van der Waals surface area contributed by atoms with Crippen molar-refractivity contribution in [2.75, 3.05) is 65.6 Å². The number of guanidine groups is 1. The minimum absolute atomic E-state index is 0.618. The van der Waals surface area contributed by atoms with Gasteiger partial charge in [0.2, 0.25) is 0 Å². The molecule has 2 rings (SSSR count). The molecule has 0 spiro atoms.